The summed E-state index contributed by atoms with van der Waals surface area (Å²) in [5.74, 6) is 0.999. The number of sulfonamides is 1. The predicted molar refractivity (Wildman–Crippen MR) is 94.4 cm³/mol. The van der Waals surface area contributed by atoms with Crippen molar-refractivity contribution in [3.05, 3.63) is 18.2 Å². The molecule has 142 valence electrons. The van der Waals surface area contributed by atoms with Gasteiger partial charge < -0.3 is 14.8 Å². The van der Waals surface area contributed by atoms with Crippen LogP contribution in [-0.4, -0.2) is 44.6 Å². The summed E-state index contributed by atoms with van der Waals surface area (Å²) in [7, 11) is -3.59. The minimum atomic E-state index is -3.59. The minimum absolute atomic E-state index is 0.0806. The molecular formula is C18H24N2O5S. The Morgan fingerprint density at radius 1 is 1.04 bits per heavy atom. The van der Waals surface area contributed by atoms with Gasteiger partial charge in [0.05, 0.1) is 4.90 Å². The van der Waals surface area contributed by atoms with Crippen molar-refractivity contribution in [1.29, 1.82) is 0 Å². The highest BCUT2D eigenvalue weighted by atomic mass is 32.2. The van der Waals surface area contributed by atoms with Crippen molar-refractivity contribution in [1.82, 2.24) is 9.62 Å². The van der Waals surface area contributed by atoms with E-state index in [2.05, 4.69) is 5.32 Å². The first-order valence-corrected chi connectivity index (χ1v) is 10.7. The molecule has 1 aliphatic carbocycles. The number of carbonyl (C=O) groups is 1. The molecule has 0 unspecified atom stereocenters. The molecule has 26 heavy (non-hydrogen) atoms. The second kappa shape index (κ2) is 7.08. The lowest BCUT2D eigenvalue weighted by molar-refractivity contribution is -0.126. The van der Waals surface area contributed by atoms with Crippen molar-refractivity contribution < 1.29 is 22.7 Å². The van der Waals surface area contributed by atoms with Crippen molar-refractivity contribution in [3.8, 4) is 11.5 Å². The number of benzene rings is 1. The lowest BCUT2D eigenvalue weighted by Gasteiger charge is -2.31. The second-order valence-corrected chi connectivity index (χ2v) is 9.12. The summed E-state index contributed by atoms with van der Waals surface area (Å²) >= 11 is 0. The van der Waals surface area contributed by atoms with Gasteiger partial charge in [-0.15, -0.1) is 0 Å². The summed E-state index contributed by atoms with van der Waals surface area (Å²) in [6.07, 6.45) is 5.59. The fraction of sp³-hybridized carbons (Fsp3) is 0.611. The standard InChI is InChI=1S/C18H24N2O5S/c21-18(19-14-3-1-2-4-14)13-7-9-20(10-8-13)26(22,23)15-5-6-16-17(11-15)25-12-24-16/h5-6,11,13-14H,1-4,7-10,12H2,(H,19,21). The summed E-state index contributed by atoms with van der Waals surface area (Å²) < 4.78 is 37.7. The Kier molecular flexibility index (Phi) is 4.79. The van der Waals surface area contributed by atoms with Gasteiger partial charge in [0, 0.05) is 31.1 Å². The van der Waals surface area contributed by atoms with Gasteiger partial charge in [-0.25, -0.2) is 8.42 Å². The zero-order valence-electron chi connectivity index (χ0n) is 14.6. The number of amides is 1. The molecule has 4 rings (SSSR count). The van der Waals surface area contributed by atoms with Crippen LogP contribution >= 0.6 is 0 Å². The molecule has 0 radical (unpaired) electrons. The fourth-order valence-electron chi connectivity index (χ4n) is 3.93. The van der Waals surface area contributed by atoms with E-state index in [1.807, 2.05) is 0 Å². The molecule has 2 heterocycles. The van der Waals surface area contributed by atoms with Gasteiger partial charge in [0.2, 0.25) is 22.7 Å². The maximum absolute atomic E-state index is 12.9. The smallest absolute Gasteiger partial charge is 0.243 e. The van der Waals surface area contributed by atoms with Crippen molar-refractivity contribution >= 4 is 15.9 Å². The maximum atomic E-state index is 12.9. The SMILES string of the molecule is O=C(NC1CCCC1)C1CCN(S(=O)(=O)c2ccc3c(c2)OCO3)CC1. The average Bonchev–Trinajstić information content (AvgIpc) is 3.32. The third-order valence-corrected chi connectivity index (χ3v) is 7.40. The summed E-state index contributed by atoms with van der Waals surface area (Å²) in [4.78, 5) is 12.6. The highest BCUT2D eigenvalue weighted by Crippen LogP contribution is 2.35. The van der Waals surface area contributed by atoms with Crippen molar-refractivity contribution in [2.24, 2.45) is 5.92 Å². The van der Waals surface area contributed by atoms with Gasteiger partial charge in [-0.2, -0.15) is 4.31 Å². The number of ether oxygens (including phenoxy) is 2. The zero-order valence-corrected chi connectivity index (χ0v) is 15.5. The van der Waals surface area contributed by atoms with Gasteiger partial charge >= 0.3 is 0 Å². The first kappa shape index (κ1) is 17.6. The number of hydrogen-bond donors (Lipinski definition) is 1. The molecule has 1 saturated heterocycles. The van der Waals surface area contributed by atoms with Gasteiger partial charge in [0.1, 0.15) is 0 Å². The van der Waals surface area contributed by atoms with E-state index < -0.39 is 10.0 Å². The average molecular weight is 380 g/mol. The van der Waals surface area contributed by atoms with Crippen LogP contribution in [0.25, 0.3) is 0 Å². The molecule has 0 atom stereocenters. The van der Waals surface area contributed by atoms with Crippen LogP contribution in [0.15, 0.2) is 23.1 Å². The number of carbonyl (C=O) groups excluding carboxylic acids is 1. The summed E-state index contributed by atoms with van der Waals surface area (Å²) in [5, 5.41) is 3.12. The van der Waals surface area contributed by atoms with Gasteiger partial charge in [-0.05, 0) is 37.8 Å². The molecule has 1 N–H and O–H groups in total. The van der Waals surface area contributed by atoms with E-state index in [1.165, 1.54) is 23.2 Å². The van der Waals surface area contributed by atoms with Crippen molar-refractivity contribution in [2.45, 2.75) is 49.5 Å². The fourth-order valence-corrected chi connectivity index (χ4v) is 5.42. The summed E-state index contributed by atoms with van der Waals surface area (Å²) in [5.41, 5.74) is 0. The number of rotatable bonds is 4. The van der Waals surface area contributed by atoms with Crippen molar-refractivity contribution in [2.75, 3.05) is 19.9 Å². The van der Waals surface area contributed by atoms with Crippen LogP contribution in [0.2, 0.25) is 0 Å². The maximum Gasteiger partial charge on any atom is 0.243 e. The largest absolute Gasteiger partial charge is 0.454 e. The lowest BCUT2D eigenvalue weighted by Crippen LogP contribution is -2.44. The number of nitrogens with zero attached hydrogens (tertiary/aromatic N) is 1. The Balaban J connectivity index is 1.38. The van der Waals surface area contributed by atoms with E-state index in [-0.39, 0.29) is 23.5 Å². The van der Waals surface area contributed by atoms with Crippen LogP contribution in [0.4, 0.5) is 0 Å². The quantitative estimate of drug-likeness (QED) is 0.862. The van der Waals surface area contributed by atoms with Crippen LogP contribution in [0.3, 0.4) is 0 Å². The van der Waals surface area contributed by atoms with Crippen LogP contribution in [-0.2, 0) is 14.8 Å². The van der Waals surface area contributed by atoms with Crippen LogP contribution in [0.5, 0.6) is 11.5 Å². The van der Waals surface area contributed by atoms with E-state index in [9.17, 15) is 13.2 Å². The lowest BCUT2D eigenvalue weighted by atomic mass is 9.97. The molecule has 1 aromatic carbocycles. The Morgan fingerprint density at radius 3 is 2.46 bits per heavy atom. The number of nitrogens with one attached hydrogen (secondary N) is 1. The second-order valence-electron chi connectivity index (χ2n) is 7.18. The molecule has 2 aliphatic heterocycles. The highest BCUT2D eigenvalue weighted by Gasteiger charge is 2.33. The van der Waals surface area contributed by atoms with Gasteiger partial charge in [-0.1, -0.05) is 12.8 Å². The van der Waals surface area contributed by atoms with Crippen LogP contribution in [0.1, 0.15) is 38.5 Å². The van der Waals surface area contributed by atoms with E-state index >= 15 is 0 Å². The molecule has 1 saturated carbocycles. The molecular weight excluding hydrogens is 356 g/mol. The Morgan fingerprint density at radius 2 is 1.73 bits per heavy atom. The molecule has 7 nitrogen and oxygen atoms in total. The molecule has 8 heteroatoms. The van der Waals surface area contributed by atoms with Gasteiger partial charge in [0.15, 0.2) is 11.5 Å². The molecule has 3 aliphatic rings. The normalized spacial score (nSPS) is 21.8. The van der Waals surface area contributed by atoms with Gasteiger partial charge in [0.25, 0.3) is 0 Å². The van der Waals surface area contributed by atoms with E-state index in [0.717, 1.165) is 12.8 Å². The molecule has 0 spiro atoms. The molecule has 1 aromatic rings. The first-order valence-electron chi connectivity index (χ1n) is 9.24. The Labute approximate surface area is 153 Å². The van der Waals surface area contributed by atoms with Gasteiger partial charge in [-0.3, -0.25) is 4.79 Å². The molecule has 2 fully saturated rings. The van der Waals surface area contributed by atoms with Crippen LogP contribution in [0, 0.1) is 5.92 Å². The summed E-state index contributed by atoms with van der Waals surface area (Å²) in [6, 6.07) is 4.98. The minimum Gasteiger partial charge on any atom is -0.454 e. The molecule has 0 bridgehead atoms. The summed E-state index contributed by atoms with van der Waals surface area (Å²) in [6.45, 7) is 0.833. The monoisotopic (exact) mass is 380 g/mol. The topological polar surface area (TPSA) is 84.9 Å². The first-order chi connectivity index (χ1) is 12.5. The molecule has 0 aromatic heterocycles. The zero-order chi connectivity index (χ0) is 18.1. The third-order valence-electron chi connectivity index (χ3n) is 5.51. The molecule has 1 amide bonds. The number of piperidine rings is 1. The third kappa shape index (κ3) is 3.40. The highest BCUT2D eigenvalue weighted by molar-refractivity contribution is 7.89. The van der Waals surface area contributed by atoms with E-state index in [4.69, 9.17) is 9.47 Å². The van der Waals surface area contributed by atoms with E-state index in [0.29, 0.717) is 43.5 Å². The van der Waals surface area contributed by atoms with Crippen LogP contribution < -0.4 is 14.8 Å². The predicted octanol–water partition coefficient (Wildman–Crippen LogP) is 1.87. The Hall–Kier alpha value is -1.80. The van der Waals surface area contributed by atoms with Crippen molar-refractivity contribution in [3.63, 3.8) is 0 Å². The van der Waals surface area contributed by atoms with E-state index in [1.54, 1.807) is 12.1 Å². The number of hydrogen-bond acceptors (Lipinski definition) is 5. The Bertz CT molecular complexity index is 781. The number of fused-ring (bicyclic) bond motifs is 1.